The van der Waals surface area contributed by atoms with E-state index < -0.39 is 0 Å². The number of anilines is 1. The van der Waals surface area contributed by atoms with Crippen LogP contribution in [-0.4, -0.2) is 12.3 Å². The van der Waals surface area contributed by atoms with Gasteiger partial charge in [0.1, 0.15) is 5.78 Å². The second-order valence-electron chi connectivity index (χ2n) is 3.73. The topological polar surface area (TPSA) is 29.1 Å². The molecule has 14 heavy (non-hydrogen) atoms. The van der Waals surface area contributed by atoms with Gasteiger partial charge in [0.15, 0.2) is 0 Å². The quantitative estimate of drug-likeness (QED) is 0.771. The van der Waals surface area contributed by atoms with Gasteiger partial charge >= 0.3 is 0 Å². The first kappa shape index (κ1) is 9.71. The van der Waals surface area contributed by atoms with Crippen LogP contribution in [0.25, 0.3) is 0 Å². The molecule has 1 aliphatic heterocycles. The summed E-state index contributed by atoms with van der Waals surface area (Å²) in [6, 6.07) is 6.01. The molecule has 0 amide bonds. The third-order valence-electron chi connectivity index (χ3n) is 2.58. The molecule has 1 heterocycles. The molecule has 1 aliphatic rings. The Kier molecular flexibility index (Phi) is 2.59. The minimum atomic E-state index is 0.112. The first-order valence-electron chi connectivity index (χ1n) is 4.72. The molecule has 0 saturated heterocycles. The highest BCUT2D eigenvalue weighted by Crippen LogP contribution is 2.25. The van der Waals surface area contributed by atoms with Crippen molar-refractivity contribution in [2.75, 3.05) is 11.9 Å². The molecular formula is C11H12BrNO. The average Bonchev–Trinajstić information content (AvgIpc) is 2.29. The van der Waals surface area contributed by atoms with E-state index in [2.05, 4.69) is 21.2 Å². The molecular weight excluding hydrogens is 242 g/mol. The number of nitrogens with one attached hydrogen (secondary N) is 1. The molecule has 1 atom stereocenters. The van der Waals surface area contributed by atoms with Crippen molar-refractivity contribution in [3.8, 4) is 0 Å². The molecule has 3 heteroatoms. The van der Waals surface area contributed by atoms with Crippen LogP contribution in [0.2, 0.25) is 0 Å². The van der Waals surface area contributed by atoms with Gasteiger partial charge in [-0.2, -0.15) is 0 Å². The van der Waals surface area contributed by atoms with E-state index in [4.69, 9.17) is 0 Å². The van der Waals surface area contributed by atoms with E-state index in [1.54, 1.807) is 0 Å². The Morgan fingerprint density at radius 3 is 3.07 bits per heavy atom. The van der Waals surface area contributed by atoms with Gasteiger partial charge in [-0.05, 0) is 17.7 Å². The predicted octanol–water partition coefficient (Wildman–Crippen LogP) is 2.62. The number of carbonyl (C=O) groups excluding carboxylic acids is 1. The SMILES string of the molecule is CC1CNc2cc(Br)ccc2CC1=O. The lowest BCUT2D eigenvalue weighted by molar-refractivity contribution is -0.121. The second kappa shape index (κ2) is 3.73. The maximum atomic E-state index is 11.6. The van der Waals surface area contributed by atoms with Crippen molar-refractivity contribution >= 4 is 27.4 Å². The Morgan fingerprint density at radius 1 is 1.50 bits per heavy atom. The van der Waals surface area contributed by atoms with Crippen LogP contribution in [0.15, 0.2) is 22.7 Å². The van der Waals surface area contributed by atoms with Crippen LogP contribution in [0.4, 0.5) is 5.69 Å². The summed E-state index contributed by atoms with van der Waals surface area (Å²) in [7, 11) is 0. The summed E-state index contributed by atoms with van der Waals surface area (Å²) in [6.07, 6.45) is 0.552. The molecule has 0 aliphatic carbocycles. The highest BCUT2D eigenvalue weighted by atomic mass is 79.9. The maximum Gasteiger partial charge on any atom is 0.141 e. The van der Waals surface area contributed by atoms with Crippen molar-refractivity contribution < 1.29 is 4.79 Å². The van der Waals surface area contributed by atoms with Crippen molar-refractivity contribution in [2.45, 2.75) is 13.3 Å². The molecule has 0 spiro atoms. The summed E-state index contributed by atoms with van der Waals surface area (Å²) in [5, 5.41) is 3.30. The highest BCUT2D eigenvalue weighted by molar-refractivity contribution is 9.10. The van der Waals surface area contributed by atoms with Crippen molar-refractivity contribution in [1.82, 2.24) is 0 Å². The van der Waals surface area contributed by atoms with E-state index in [-0.39, 0.29) is 5.92 Å². The largest absolute Gasteiger partial charge is 0.384 e. The summed E-state index contributed by atoms with van der Waals surface area (Å²) in [6.45, 7) is 2.71. The second-order valence-corrected chi connectivity index (χ2v) is 4.64. The fourth-order valence-electron chi connectivity index (χ4n) is 1.61. The molecule has 1 aromatic rings. The van der Waals surface area contributed by atoms with Crippen LogP contribution in [0, 0.1) is 5.92 Å². The minimum absolute atomic E-state index is 0.112. The van der Waals surface area contributed by atoms with Gasteiger partial charge in [0, 0.05) is 29.0 Å². The van der Waals surface area contributed by atoms with Gasteiger partial charge < -0.3 is 5.32 Å². The van der Waals surface area contributed by atoms with E-state index in [9.17, 15) is 4.79 Å². The number of rotatable bonds is 0. The van der Waals surface area contributed by atoms with Crippen LogP contribution in [-0.2, 0) is 11.2 Å². The van der Waals surface area contributed by atoms with Gasteiger partial charge in [-0.15, -0.1) is 0 Å². The number of halogens is 1. The predicted molar refractivity (Wildman–Crippen MR) is 60.5 cm³/mol. The number of hydrogen-bond acceptors (Lipinski definition) is 2. The third kappa shape index (κ3) is 1.82. The molecule has 0 radical (unpaired) electrons. The number of carbonyl (C=O) groups is 1. The van der Waals surface area contributed by atoms with Gasteiger partial charge in [-0.1, -0.05) is 28.9 Å². The summed E-state index contributed by atoms with van der Waals surface area (Å²) in [5.41, 5.74) is 2.18. The Morgan fingerprint density at radius 2 is 2.29 bits per heavy atom. The Bertz CT molecular complexity index is 376. The molecule has 0 fully saturated rings. The molecule has 0 saturated carbocycles. The van der Waals surface area contributed by atoms with Gasteiger partial charge in [-0.25, -0.2) is 0 Å². The van der Waals surface area contributed by atoms with E-state index in [0.29, 0.717) is 12.2 Å². The fourth-order valence-corrected chi connectivity index (χ4v) is 1.97. The lowest BCUT2D eigenvalue weighted by Crippen LogP contribution is -2.17. The van der Waals surface area contributed by atoms with Crippen molar-refractivity contribution in [3.63, 3.8) is 0 Å². The number of ketones is 1. The van der Waals surface area contributed by atoms with Gasteiger partial charge in [0.05, 0.1) is 0 Å². The normalized spacial score (nSPS) is 21.0. The van der Waals surface area contributed by atoms with Crippen molar-refractivity contribution in [2.24, 2.45) is 5.92 Å². The zero-order valence-corrected chi connectivity index (χ0v) is 9.60. The lowest BCUT2D eigenvalue weighted by Gasteiger charge is -2.07. The maximum absolute atomic E-state index is 11.6. The standard InChI is InChI=1S/C11H12BrNO/c1-7-6-13-10-5-9(12)3-2-8(10)4-11(7)14/h2-3,5,7,13H,4,6H2,1H3. The minimum Gasteiger partial charge on any atom is -0.384 e. The molecule has 0 bridgehead atoms. The average molecular weight is 254 g/mol. The van der Waals surface area contributed by atoms with Crippen molar-refractivity contribution in [3.05, 3.63) is 28.2 Å². The highest BCUT2D eigenvalue weighted by Gasteiger charge is 2.19. The van der Waals surface area contributed by atoms with Crippen LogP contribution >= 0.6 is 15.9 Å². The lowest BCUT2D eigenvalue weighted by atomic mass is 10.0. The summed E-state index contributed by atoms with van der Waals surface area (Å²) in [5.74, 6) is 0.430. The molecule has 2 rings (SSSR count). The number of Topliss-reactive ketones (excluding diaryl/α,β-unsaturated/α-hetero) is 1. The summed E-state index contributed by atoms with van der Waals surface area (Å²) in [4.78, 5) is 11.6. The smallest absolute Gasteiger partial charge is 0.141 e. The van der Waals surface area contributed by atoms with Crippen LogP contribution in [0.5, 0.6) is 0 Å². The zero-order chi connectivity index (χ0) is 10.1. The van der Waals surface area contributed by atoms with E-state index in [1.165, 1.54) is 0 Å². The summed E-state index contributed by atoms with van der Waals surface area (Å²) >= 11 is 3.42. The number of fused-ring (bicyclic) bond motifs is 1. The molecule has 1 N–H and O–H groups in total. The van der Waals surface area contributed by atoms with Crippen LogP contribution < -0.4 is 5.32 Å². The molecule has 2 nitrogen and oxygen atoms in total. The van der Waals surface area contributed by atoms with E-state index in [0.717, 1.165) is 22.3 Å². The monoisotopic (exact) mass is 253 g/mol. The van der Waals surface area contributed by atoms with Crippen molar-refractivity contribution in [1.29, 1.82) is 0 Å². The Hall–Kier alpha value is -0.830. The van der Waals surface area contributed by atoms with Crippen LogP contribution in [0.1, 0.15) is 12.5 Å². The zero-order valence-electron chi connectivity index (χ0n) is 8.01. The fraction of sp³-hybridized carbons (Fsp3) is 0.364. The first-order valence-corrected chi connectivity index (χ1v) is 5.51. The molecule has 0 aromatic heterocycles. The first-order chi connectivity index (χ1) is 6.66. The Labute approximate surface area is 91.8 Å². The van der Waals surface area contributed by atoms with Crippen LogP contribution in [0.3, 0.4) is 0 Å². The van der Waals surface area contributed by atoms with Gasteiger partial charge in [0.25, 0.3) is 0 Å². The van der Waals surface area contributed by atoms with Gasteiger partial charge in [0.2, 0.25) is 0 Å². The van der Waals surface area contributed by atoms with E-state index >= 15 is 0 Å². The summed E-state index contributed by atoms with van der Waals surface area (Å²) < 4.78 is 1.05. The Balaban J connectivity index is 2.37. The van der Waals surface area contributed by atoms with E-state index in [1.807, 2.05) is 25.1 Å². The molecule has 74 valence electrons. The van der Waals surface area contributed by atoms with Gasteiger partial charge in [-0.3, -0.25) is 4.79 Å². The molecule has 1 aromatic carbocycles. The molecule has 1 unspecified atom stereocenters. The number of hydrogen-bond donors (Lipinski definition) is 1. The third-order valence-corrected chi connectivity index (χ3v) is 3.08. The number of benzene rings is 1.